The van der Waals surface area contributed by atoms with E-state index in [0.717, 1.165) is 0 Å². The van der Waals surface area contributed by atoms with Crippen LogP contribution in [0.2, 0.25) is 0 Å². The Labute approximate surface area is 113 Å². The number of benzene rings is 1. The van der Waals surface area contributed by atoms with Crippen molar-refractivity contribution in [3.8, 4) is 0 Å². The van der Waals surface area contributed by atoms with Gasteiger partial charge in [0.1, 0.15) is 0 Å². The minimum atomic E-state index is 0.690. The molecule has 0 unspecified atom stereocenters. The second-order valence-corrected chi connectivity index (χ2v) is 6.12. The lowest BCUT2D eigenvalue weighted by molar-refractivity contribution is 0.463. The molecule has 82 valence electrons. The maximum atomic E-state index is 3.62. The molecule has 0 heterocycles. The Bertz CT molecular complexity index is 334. The molecule has 1 nitrogen and oxygen atoms in total. The molecule has 1 aromatic carbocycles. The molecule has 1 aliphatic carbocycles. The van der Waals surface area contributed by atoms with Crippen LogP contribution in [-0.2, 0) is 0 Å². The van der Waals surface area contributed by atoms with Crippen LogP contribution < -0.4 is 5.32 Å². The summed E-state index contributed by atoms with van der Waals surface area (Å²) < 4.78 is 2.45. The summed E-state index contributed by atoms with van der Waals surface area (Å²) in [6.07, 6.45) is 6.83. The van der Waals surface area contributed by atoms with Gasteiger partial charge in [0.2, 0.25) is 0 Å². The molecule has 0 saturated heterocycles. The van der Waals surface area contributed by atoms with Crippen molar-refractivity contribution in [3.63, 3.8) is 0 Å². The lowest BCUT2D eigenvalue weighted by Crippen LogP contribution is -2.22. The van der Waals surface area contributed by atoms with E-state index in [4.69, 9.17) is 0 Å². The van der Waals surface area contributed by atoms with Crippen LogP contribution in [0.5, 0.6) is 0 Å². The number of hydrogen-bond acceptors (Lipinski definition) is 1. The zero-order valence-corrected chi connectivity index (χ0v) is 12.3. The van der Waals surface area contributed by atoms with E-state index in [-0.39, 0.29) is 0 Å². The molecular weight excluding hydrogens is 365 g/mol. The van der Waals surface area contributed by atoms with Gasteiger partial charge in [0.25, 0.3) is 0 Å². The average molecular weight is 380 g/mol. The quantitative estimate of drug-likeness (QED) is 0.728. The van der Waals surface area contributed by atoms with Gasteiger partial charge in [0, 0.05) is 19.8 Å². The van der Waals surface area contributed by atoms with E-state index in [0.29, 0.717) is 6.04 Å². The molecular formula is C12H15BrIN. The second kappa shape index (κ2) is 5.53. The van der Waals surface area contributed by atoms with Crippen LogP contribution in [0.25, 0.3) is 0 Å². The molecule has 15 heavy (non-hydrogen) atoms. The largest absolute Gasteiger partial charge is 0.382 e. The van der Waals surface area contributed by atoms with E-state index in [2.05, 4.69) is 62.0 Å². The predicted octanol–water partition coefficient (Wildman–Crippen LogP) is 4.80. The number of rotatable bonds is 2. The van der Waals surface area contributed by atoms with Crippen molar-refractivity contribution in [2.75, 3.05) is 5.32 Å². The van der Waals surface area contributed by atoms with E-state index in [1.807, 2.05) is 0 Å². The van der Waals surface area contributed by atoms with Crippen LogP contribution in [0.1, 0.15) is 32.1 Å². The summed E-state index contributed by atoms with van der Waals surface area (Å²) in [5.41, 5.74) is 1.26. The maximum absolute atomic E-state index is 3.62. The predicted molar refractivity (Wildman–Crippen MR) is 77.4 cm³/mol. The summed E-state index contributed by atoms with van der Waals surface area (Å²) in [6.45, 7) is 0. The summed E-state index contributed by atoms with van der Waals surface area (Å²) in [4.78, 5) is 0. The van der Waals surface area contributed by atoms with E-state index in [1.54, 1.807) is 0 Å². The Kier molecular flexibility index (Phi) is 4.31. The summed E-state index contributed by atoms with van der Waals surface area (Å²) in [5.74, 6) is 0. The molecule has 1 aliphatic rings. The van der Waals surface area contributed by atoms with Crippen LogP contribution in [0.4, 0.5) is 5.69 Å². The van der Waals surface area contributed by atoms with Crippen LogP contribution in [0.3, 0.4) is 0 Å². The zero-order valence-electron chi connectivity index (χ0n) is 8.60. The first-order chi connectivity index (χ1) is 7.25. The van der Waals surface area contributed by atoms with E-state index >= 15 is 0 Å². The van der Waals surface area contributed by atoms with E-state index in [9.17, 15) is 0 Å². The normalized spacial score (nSPS) is 17.7. The molecule has 0 spiro atoms. The fourth-order valence-corrected chi connectivity index (χ4v) is 2.83. The lowest BCUT2D eigenvalue weighted by atomic mass is 9.95. The molecule has 0 radical (unpaired) electrons. The van der Waals surface area contributed by atoms with Gasteiger partial charge < -0.3 is 5.32 Å². The highest BCUT2D eigenvalue weighted by atomic mass is 127. The van der Waals surface area contributed by atoms with Crippen LogP contribution in [-0.4, -0.2) is 6.04 Å². The van der Waals surface area contributed by atoms with Crippen molar-refractivity contribution in [1.29, 1.82) is 0 Å². The minimum absolute atomic E-state index is 0.690. The molecule has 0 atom stereocenters. The molecule has 3 heteroatoms. The highest BCUT2D eigenvalue weighted by Gasteiger charge is 2.12. The second-order valence-electron chi connectivity index (χ2n) is 4.11. The summed E-state index contributed by atoms with van der Waals surface area (Å²) >= 11 is 5.88. The number of anilines is 1. The number of halogens is 2. The minimum Gasteiger partial charge on any atom is -0.382 e. The Morgan fingerprint density at radius 2 is 1.93 bits per heavy atom. The topological polar surface area (TPSA) is 12.0 Å². The van der Waals surface area contributed by atoms with Crippen molar-refractivity contribution in [2.45, 2.75) is 38.1 Å². The van der Waals surface area contributed by atoms with Gasteiger partial charge in [-0.15, -0.1) is 0 Å². The first-order valence-electron chi connectivity index (χ1n) is 5.47. The third-order valence-electron chi connectivity index (χ3n) is 2.90. The molecule has 1 fully saturated rings. The molecule has 1 N–H and O–H groups in total. The molecule has 1 saturated carbocycles. The fraction of sp³-hybridized carbons (Fsp3) is 0.500. The van der Waals surface area contributed by atoms with Gasteiger partial charge in [0.15, 0.2) is 0 Å². The SMILES string of the molecule is Brc1ccc(NC2CCCCC2)cc1I. The van der Waals surface area contributed by atoms with Crippen molar-refractivity contribution in [3.05, 3.63) is 26.2 Å². The maximum Gasteiger partial charge on any atom is 0.0353 e. The first-order valence-corrected chi connectivity index (χ1v) is 7.34. The molecule has 2 rings (SSSR count). The fourth-order valence-electron chi connectivity index (χ4n) is 2.07. The number of nitrogens with one attached hydrogen (secondary N) is 1. The van der Waals surface area contributed by atoms with Crippen LogP contribution in [0, 0.1) is 3.57 Å². The van der Waals surface area contributed by atoms with Crippen molar-refractivity contribution >= 4 is 44.2 Å². The first kappa shape index (κ1) is 11.7. The van der Waals surface area contributed by atoms with Crippen molar-refractivity contribution in [1.82, 2.24) is 0 Å². The third-order valence-corrected chi connectivity index (χ3v) is 5.22. The van der Waals surface area contributed by atoms with Gasteiger partial charge >= 0.3 is 0 Å². The Balaban J connectivity index is 2.00. The standard InChI is InChI=1S/C12H15BrIN/c13-11-7-6-10(8-12(11)14)15-9-4-2-1-3-5-9/h6-9,15H,1-5H2. The molecule has 0 bridgehead atoms. The van der Waals surface area contributed by atoms with Gasteiger partial charge in [-0.2, -0.15) is 0 Å². The highest BCUT2D eigenvalue weighted by molar-refractivity contribution is 14.1. The molecule has 0 amide bonds. The van der Waals surface area contributed by atoms with Gasteiger partial charge in [-0.05, 0) is 69.6 Å². The smallest absolute Gasteiger partial charge is 0.0353 e. The van der Waals surface area contributed by atoms with Gasteiger partial charge in [0.05, 0.1) is 0 Å². The highest BCUT2D eigenvalue weighted by Crippen LogP contribution is 2.25. The van der Waals surface area contributed by atoms with Crippen molar-refractivity contribution in [2.24, 2.45) is 0 Å². The van der Waals surface area contributed by atoms with Gasteiger partial charge in [-0.25, -0.2) is 0 Å². The van der Waals surface area contributed by atoms with Crippen molar-refractivity contribution < 1.29 is 0 Å². The third kappa shape index (κ3) is 3.34. The molecule has 0 aliphatic heterocycles. The average Bonchev–Trinajstić information content (AvgIpc) is 2.25. The van der Waals surface area contributed by atoms with E-state index in [1.165, 1.54) is 45.8 Å². The summed E-state index contributed by atoms with van der Waals surface area (Å²) in [7, 11) is 0. The monoisotopic (exact) mass is 379 g/mol. The van der Waals surface area contributed by atoms with Gasteiger partial charge in [-0.3, -0.25) is 0 Å². The zero-order chi connectivity index (χ0) is 10.7. The van der Waals surface area contributed by atoms with E-state index < -0.39 is 0 Å². The lowest BCUT2D eigenvalue weighted by Gasteiger charge is -2.24. The Morgan fingerprint density at radius 1 is 1.20 bits per heavy atom. The summed E-state index contributed by atoms with van der Waals surface area (Å²) in [5, 5.41) is 3.62. The molecule has 0 aromatic heterocycles. The molecule has 1 aromatic rings. The Morgan fingerprint density at radius 3 is 2.60 bits per heavy atom. The van der Waals surface area contributed by atoms with Crippen LogP contribution in [0.15, 0.2) is 22.7 Å². The Hall–Kier alpha value is 0.230. The number of hydrogen-bond donors (Lipinski definition) is 1. The van der Waals surface area contributed by atoms with Crippen LogP contribution >= 0.6 is 38.5 Å². The summed E-state index contributed by atoms with van der Waals surface area (Å²) in [6, 6.07) is 7.17. The van der Waals surface area contributed by atoms with Gasteiger partial charge in [-0.1, -0.05) is 19.3 Å².